The molecule has 1 unspecified atom stereocenters. The van der Waals surface area contributed by atoms with E-state index in [2.05, 4.69) is 48.5 Å². The Morgan fingerprint density at radius 1 is 0.889 bits per heavy atom. The Balaban J connectivity index is 2.01. The summed E-state index contributed by atoms with van der Waals surface area (Å²) in [5.74, 6) is 0. The number of benzene rings is 2. The van der Waals surface area contributed by atoms with Crippen molar-refractivity contribution in [3.8, 4) is 0 Å². The maximum atomic E-state index is 10.6. The van der Waals surface area contributed by atoms with E-state index in [1.54, 1.807) is 0 Å². The van der Waals surface area contributed by atoms with Gasteiger partial charge in [-0.05, 0) is 41.5 Å². The lowest BCUT2D eigenvalue weighted by molar-refractivity contribution is 0.117. The van der Waals surface area contributed by atoms with Crippen molar-refractivity contribution in [3.05, 3.63) is 70.8 Å². The predicted molar refractivity (Wildman–Crippen MR) is 71.7 cm³/mol. The van der Waals surface area contributed by atoms with E-state index in [1.807, 2.05) is 0 Å². The van der Waals surface area contributed by atoms with E-state index in [0.29, 0.717) is 0 Å². The second-order valence-corrected chi connectivity index (χ2v) is 5.51. The summed E-state index contributed by atoms with van der Waals surface area (Å²) in [6, 6.07) is 17.1. The first-order valence-corrected chi connectivity index (χ1v) is 6.67. The number of aliphatic hydroxyl groups excluding tert-OH is 1. The molecule has 4 rings (SSSR count). The molecule has 2 aliphatic carbocycles. The van der Waals surface area contributed by atoms with Crippen molar-refractivity contribution in [2.75, 3.05) is 0 Å². The first kappa shape index (κ1) is 10.3. The normalized spacial score (nSPS) is 28.4. The van der Waals surface area contributed by atoms with Gasteiger partial charge in [0.25, 0.3) is 0 Å². The van der Waals surface area contributed by atoms with Gasteiger partial charge in [0.1, 0.15) is 0 Å². The Kier molecular flexibility index (Phi) is 1.98. The quantitative estimate of drug-likeness (QED) is 0.745. The van der Waals surface area contributed by atoms with Crippen LogP contribution in [0.3, 0.4) is 0 Å². The van der Waals surface area contributed by atoms with Gasteiger partial charge in [0.05, 0.1) is 6.10 Å². The molecule has 1 nitrogen and oxygen atoms in total. The van der Waals surface area contributed by atoms with Gasteiger partial charge in [-0.25, -0.2) is 0 Å². The van der Waals surface area contributed by atoms with Crippen LogP contribution in [0.2, 0.25) is 0 Å². The van der Waals surface area contributed by atoms with Gasteiger partial charge < -0.3 is 5.11 Å². The highest BCUT2D eigenvalue weighted by molar-refractivity contribution is 5.55. The maximum Gasteiger partial charge on any atom is 0.0718 e. The topological polar surface area (TPSA) is 20.2 Å². The van der Waals surface area contributed by atoms with Gasteiger partial charge in [0.2, 0.25) is 0 Å². The number of aliphatic hydroxyl groups is 1. The zero-order chi connectivity index (χ0) is 12.2. The average molecular weight is 236 g/mol. The lowest BCUT2D eigenvalue weighted by Gasteiger charge is -2.30. The van der Waals surface area contributed by atoms with Crippen molar-refractivity contribution in [1.29, 1.82) is 0 Å². The fraction of sp³-hybridized carbons (Fsp3) is 0.294. The molecule has 0 radical (unpaired) electrons. The van der Waals surface area contributed by atoms with E-state index in [4.69, 9.17) is 0 Å². The molecule has 1 spiro atoms. The van der Waals surface area contributed by atoms with Crippen LogP contribution in [-0.2, 0) is 18.3 Å². The van der Waals surface area contributed by atoms with Crippen LogP contribution in [0.15, 0.2) is 48.5 Å². The van der Waals surface area contributed by atoms with Crippen molar-refractivity contribution < 1.29 is 5.11 Å². The van der Waals surface area contributed by atoms with Gasteiger partial charge in [0.15, 0.2) is 0 Å². The van der Waals surface area contributed by atoms with Gasteiger partial charge in [-0.1, -0.05) is 48.5 Å². The monoisotopic (exact) mass is 236 g/mol. The molecule has 0 aromatic heterocycles. The highest BCUT2D eigenvalue weighted by atomic mass is 16.3. The summed E-state index contributed by atoms with van der Waals surface area (Å²) in [6.07, 6.45) is 2.66. The smallest absolute Gasteiger partial charge is 0.0718 e. The molecule has 1 N–H and O–H groups in total. The van der Waals surface area contributed by atoms with Gasteiger partial charge in [-0.2, -0.15) is 0 Å². The molecule has 2 aromatic carbocycles. The fourth-order valence-electron chi connectivity index (χ4n) is 3.96. The second kappa shape index (κ2) is 3.46. The van der Waals surface area contributed by atoms with Gasteiger partial charge in [-0.15, -0.1) is 0 Å². The minimum atomic E-state index is -0.265. The van der Waals surface area contributed by atoms with Crippen molar-refractivity contribution in [3.63, 3.8) is 0 Å². The molecule has 2 aromatic rings. The largest absolute Gasteiger partial charge is 0.391 e. The molecule has 0 bridgehead atoms. The highest BCUT2D eigenvalue weighted by Gasteiger charge is 2.50. The van der Waals surface area contributed by atoms with Crippen LogP contribution in [-0.4, -0.2) is 11.2 Å². The number of fused-ring (bicyclic) bond motifs is 4. The van der Waals surface area contributed by atoms with Gasteiger partial charge in [0, 0.05) is 5.41 Å². The summed E-state index contributed by atoms with van der Waals surface area (Å²) in [4.78, 5) is 0. The molecule has 2 aliphatic rings. The van der Waals surface area contributed by atoms with Crippen molar-refractivity contribution in [2.24, 2.45) is 0 Å². The Morgan fingerprint density at radius 3 is 2.28 bits per heavy atom. The SMILES string of the molecule is OC1Cc2ccccc2[C@]12CCc1ccccc12. The van der Waals surface area contributed by atoms with Crippen molar-refractivity contribution in [1.82, 2.24) is 0 Å². The Hall–Kier alpha value is -1.60. The lowest BCUT2D eigenvalue weighted by atomic mass is 9.75. The van der Waals surface area contributed by atoms with E-state index in [-0.39, 0.29) is 11.5 Å². The molecule has 90 valence electrons. The van der Waals surface area contributed by atoms with Crippen molar-refractivity contribution >= 4 is 0 Å². The third-order valence-corrected chi connectivity index (χ3v) is 4.77. The summed E-state index contributed by atoms with van der Waals surface area (Å²) < 4.78 is 0. The Morgan fingerprint density at radius 2 is 1.50 bits per heavy atom. The molecule has 0 saturated heterocycles. The third kappa shape index (κ3) is 1.10. The van der Waals surface area contributed by atoms with E-state index in [9.17, 15) is 5.11 Å². The van der Waals surface area contributed by atoms with Crippen LogP contribution in [0, 0.1) is 0 Å². The molecule has 18 heavy (non-hydrogen) atoms. The van der Waals surface area contributed by atoms with E-state index in [1.165, 1.54) is 22.3 Å². The Bertz CT molecular complexity index is 604. The van der Waals surface area contributed by atoms with E-state index < -0.39 is 0 Å². The summed E-state index contributed by atoms with van der Waals surface area (Å²) in [6.45, 7) is 0. The van der Waals surface area contributed by atoms with Crippen LogP contribution in [0.25, 0.3) is 0 Å². The lowest BCUT2D eigenvalue weighted by Crippen LogP contribution is -2.34. The number of hydrogen-bond acceptors (Lipinski definition) is 1. The summed E-state index contributed by atoms with van der Waals surface area (Å²) >= 11 is 0. The number of hydrogen-bond donors (Lipinski definition) is 1. The van der Waals surface area contributed by atoms with Crippen LogP contribution in [0.5, 0.6) is 0 Å². The molecular weight excluding hydrogens is 220 g/mol. The van der Waals surface area contributed by atoms with Gasteiger partial charge in [-0.3, -0.25) is 0 Å². The molecule has 0 fully saturated rings. The van der Waals surface area contributed by atoms with Crippen LogP contribution >= 0.6 is 0 Å². The van der Waals surface area contributed by atoms with Gasteiger partial charge >= 0.3 is 0 Å². The molecule has 0 amide bonds. The summed E-state index contributed by atoms with van der Waals surface area (Å²) in [7, 11) is 0. The number of aryl methyl sites for hydroxylation is 1. The van der Waals surface area contributed by atoms with E-state index >= 15 is 0 Å². The average Bonchev–Trinajstić information content (AvgIpc) is 2.92. The third-order valence-electron chi connectivity index (χ3n) is 4.77. The second-order valence-electron chi connectivity index (χ2n) is 5.51. The van der Waals surface area contributed by atoms with Crippen LogP contribution < -0.4 is 0 Å². The highest BCUT2D eigenvalue weighted by Crippen LogP contribution is 2.51. The molecule has 1 heteroatoms. The minimum Gasteiger partial charge on any atom is -0.391 e. The first-order valence-electron chi connectivity index (χ1n) is 6.67. The molecule has 2 atom stereocenters. The molecule has 0 heterocycles. The molecule has 0 saturated carbocycles. The van der Waals surface area contributed by atoms with Crippen molar-refractivity contribution in [2.45, 2.75) is 30.8 Å². The number of rotatable bonds is 0. The van der Waals surface area contributed by atoms with Crippen LogP contribution in [0.1, 0.15) is 28.7 Å². The summed E-state index contributed by atoms with van der Waals surface area (Å²) in [5.41, 5.74) is 5.30. The van der Waals surface area contributed by atoms with E-state index in [0.717, 1.165) is 19.3 Å². The maximum absolute atomic E-state index is 10.6. The Labute approximate surface area is 107 Å². The zero-order valence-corrected chi connectivity index (χ0v) is 10.3. The molecule has 0 aliphatic heterocycles. The standard InChI is InChI=1S/C17H16O/c18-16-11-13-6-2-4-8-15(13)17(16)10-9-12-5-1-3-7-14(12)17/h1-8,16,18H,9-11H2/t16?,17-/m1/s1. The fourth-order valence-corrected chi connectivity index (χ4v) is 3.96. The minimum absolute atomic E-state index is 0.132. The van der Waals surface area contributed by atoms with Crippen LogP contribution in [0.4, 0.5) is 0 Å². The predicted octanol–water partition coefficient (Wildman–Crippen LogP) is 2.84. The first-order chi connectivity index (χ1) is 8.82. The molecular formula is C17H16O. The zero-order valence-electron chi connectivity index (χ0n) is 10.3. The summed E-state index contributed by atoms with van der Waals surface area (Å²) in [5, 5.41) is 10.6.